The van der Waals surface area contributed by atoms with Crippen LogP contribution in [-0.2, 0) is 0 Å². The van der Waals surface area contributed by atoms with E-state index in [1.807, 2.05) is 26.0 Å². The summed E-state index contributed by atoms with van der Waals surface area (Å²) in [6.07, 6.45) is 2.68. The van der Waals surface area contributed by atoms with Crippen molar-refractivity contribution in [3.05, 3.63) is 12.1 Å². The number of nitrogens with two attached hydrogens (primary N) is 1. The maximum Gasteiger partial charge on any atom is 0.239 e. The van der Waals surface area contributed by atoms with E-state index in [1.165, 1.54) is 12.8 Å². The van der Waals surface area contributed by atoms with E-state index in [2.05, 4.69) is 17.2 Å². The smallest absolute Gasteiger partial charge is 0.239 e. The maximum absolute atomic E-state index is 5.82. The van der Waals surface area contributed by atoms with Crippen LogP contribution in [0.1, 0.15) is 33.6 Å². The summed E-state index contributed by atoms with van der Waals surface area (Å²) < 4.78 is 5.56. The highest BCUT2D eigenvalue weighted by molar-refractivity contribution is 5.53. The Morgan fingerprint density at radius 2 is 2.18 bits per heavy atom. The molecule has 17 heavy (non-hydrogen) atoms. The zero-order valence-electron chi connectivity index (χ0n) is 10.8. The minimum absolute atomic E-state index is 0.0843. The highest BCUT2D eigenvalue weighted by Crippen LogP contribution is 2.44. The molecule has 1 fully saturated rings. The van der Waals surface area contributed by atoms with Crippen LogP contribution in [0, 0.1) is 5.41 Å². The molecule has 0 aliphatic heterocycles. The summed E-state index contributed by atoms with van der Waals surface area (Å²) in [5.74, 6) is 1.36. The Balaban J connectivity index is 2.02. The Labute approximate surface area is 103 Å². The van der Waals surface area contributed by atoms with Gasteiger partial charge in [0.2, 0.25) is 5.88 Å². The van der Waals surface area contributed by atoms with Gasteiger partial charge in [-0.05, 0) is 44.2 Å². The predicted octanol–water partition coefficient (Wildman–Crippen LogP) is 2.66. The van der Waals surface area contributed by atoms with Crippen LogP contribution in [0.3, 0.4) is 0 Å². The second-order valence-electron chi connectivity index (χ2n) is 5.42. The molecule has 2 rings (SSSR count). The van der Waals surface area contributed by atoms with Crippen molar-refractivity contribution in [1.29, 1.82) is 0 Å². The first-order valence-electron chi connectivity index (χ1n) is 6.16. The van der Waals surface area contributed by atoms with Gasteiger partial charge in [0.1, 0.15) is 5.82 Å². The van der Waals surface area contributed by atoms with Crippen molar-refractivity contribution in [2.75, 3.05) is 17.6 Å². The van der Waals surface area contributed by atoms with Crippen molar-refractivity contribution >= 4 is 11.5 Å². The van der Waals surface area contributed by atoms with Gasteiger partial charge in [-0.15, -0.1) is 0 Å². The Kier molecular flexibility index (Phi) is 3.13. The lowest BCUT2D eigenvalue weighted by molar-refractivity contribution is 0.234. The molecule has 0 spiro atoms. The van der Waals surface area contributed by atoms with Crippen molar-refractivity contribution in [2.45, 2.75) is 39.7 Å². The van der Waals surface area contributed by atoms with Crippen molar-refractivity contribution in [3.8, 4) is 5.88 Å². The van der Waals surface area contributed by atoms with E-state index in [-0.39, 0.29) is 6.10 Å². The molecule has 0 radical (unpaired) electrons. The van der Waals surface area contributed by atoms with Crippen molar-refractivity contribution in [3.63, 3.8) is 0 Å². The molecular formula is C13H21N3O. The minimum Gasteiger partial charge on any atom is -0.473 e. The maximum atomic E-state index is 5.82. The van der Waals surface area contributed by atoms with Gasteiger partial charge < -0.3 is 15.8 Å². The van der Waals surface area contributed by atoms with E-state index in [0.717, 1.165) is 12.4 Å². The fourth-order valence-electron chi connectivity index (χ4n) is 1.56. The summed E-state index contributed by atoms with van der Waals surface area (Å²) in [5.41, 5.74) is 6.86. The predicted molar refractivity (Wildman–Crippen MR) is 70.2 cm³/mol. The molecule has 0 saturated heterocycles. The van der Waals surface area contributed by atoms with Gasteiger partial charge >= 0.3 is 0 Å². The number of hydrogen-bond donors (Lipinski definition) is 2. The molecule has 0 unspecified atom stereocenters. The molecule has 1 aliphatic rings. The summed E-state index contributed by atoms with van der Waals surface area (Å²) in [4.78, 5) is 4.38. The van der Waals surface area contributed by atoms with E-state index >= 15 is 0 Å². The number of nitrogens with one attached hydrogen (secondary N) is 1. The lowest BCUT2D eigenvalue weighted by atomic mass is 10.1. The van der Waals surface area contributed by atoms with Crippen LogP contribution in [-0.4, -0.2) is 17.6 Å². The average Bonchev–Trinajstić information content (AvgIpc) is 2.98. The van der Waals surface area contributed by atoms with Gasteiger partial charge in [0.25, 0.3) is 0 Å². The van der Waals surface area contributed by atoms with Crippen LogP contribution in [0.2, 0.25) is 0 Å². The molecule has 4 heteroatoms. The van der Waals surface area contributed by atoms with Gasteiger partial charge in [0.05, 0.1) is 11.8 Å². The van der Waals surface area contributed by atoms with Gasteiger partial charge in [0.15, 0.2) is 0 Å². The zero-order chi connectivity index (χ0) is 12.5. The normalized spacial score (nSPS) is 16.9. The molecule has 1 heterocycles. The largest absolute Gasteiger partial charge is 0.473 e. The fourth-order valence-corrected chi connectivity index (χ4v) is 1.56. The van der Waals surface area contributed by atoms with Gasteiger partial charge in [-0.25, -0.2) is 0 Å². The summed E-state index contributed by atoms with van der Waals surface area (Å²) in [6.45, 7) is 7.17. The monoisotopic (exact) mass is 235 g/mol. The van der Waals surface area contributed by atoms with E-state index in [1.54, 1.807) is 0 Å². The van der Waals surface area contributed by atoms with E-state index in [9.17, 15) is 0 Å². The number of ether oxygens (including phenoxy) is 1. The third kappa shape index (κ3) is 3.25. The summed E-state index contributed by atoms with van der Waals surface area (Å²) in [7, 11) is 0. The topological polar surface area (TPSA) is 60.2 Å². The van der Waals surface area contributed by atoms with Gasteiger partial charge in [0, 0.05) is 6.54 Å². The Morgan fingerprint density at radius 1 is 1.47 bits per heavy atom. The Hall–Kier alpha value is -1.45. The average molecular weight is 235 g/mol. The summed E-state index contributed by atoms with van der Waals surface area (Å²) >= 11 is 0. The second-order valence-corrected chi connectivity index (χ2v) is 5.42. The van der Waals surface area contributed by atoms with Crippen LogP contribution in [0.4, 0.5) is 11.5 Å². The molecule has 3 N–H and O–H groups in total. The molecular weight excluding hydrogens is 214 g/mol. The van der Waals surface area contributed by atoms with Crippen LogP contribution in [0.15, 0.2) is 12.1 Å². The van der Waals surface area contributed by atoms with E-state index in [4.69, 9.17) is 10.5 Å². The molecule has 0 amide bonds. The molecule has 1 aromatic heterocycles. The van der Waals surface area contributed by atoms with Gasteiger partial charge in [-0.2, -0.15) is 4.98 Å². The molecule has 0 bridgehead atoms. The van der Waals surface area contributed by atoms with Crippen LogP contribution in [0.25, 0.3) is 0 Å². The minimum atomic E-state index is 0.0843. The molecule has 1 saturated carbocycles. The van der Waals surface area contributed by atoms with Gasteiger partial charge in [-0.3, -0.25) is 0 Å². The highest BCUT2D eigenvalue weighted by atomic mass is 16.5. The quantitative estimate of drug-likeness (QED) is 0.823. The zero-order valence-corrected chi connectivity index (χ0v) is 10.8. The number of pyridine rings is 1. The summed E-state index contributed by atoms with van der Waals surface area (Å²) in [5, 5.41) is 3.34. The first kappa shape index (κ1) is 12.0. The number of nitrogen functional groups attached to an aromatic ring is 1. The SMILES string of the molecule is CC(C)Oc1nc(NCC2(C)CC2)ccc1N. The van der Waals surface area contributed by atoms with E-state index in [0.29, 0.717) is 17.0 Å². The number of rotatable bonds is 5. The Morgan fingerprint density at radius 3 is 2.76 bits per heavy atom. The van der Waals surface area contributed by atoms with Crippen LogP contribution in [0.5, 0.6) is 5.88 Å². The number of aromatic nitrogens is 1. The first-order valence-corrected chi connectivity index (χ1v) is 6.16. The number of hydrogen-bond acceptors (Lipinski definition) is 4. The van der Waals surface area contributed by atoms with E-state index < -0.39 is 0 Å². The fraction of sp³-hybridized carbons (Fsp3) is 0.615. The van der Waals surface area contributed by atoms with Crippen molar-refractivity contribution < 1.29 is 4.74 Å². The first-order chi connectivity index (χ1) is 7.98. The molecule has 0 aromatic carbocycles. The molecule has 1 aromatic rings. The molecule has 4 nitrogen and oxygen atoms in total. The number of anilines is 2. The molecule has 94 valence electrons. The highest BCUT2D eigenvalue weighted by Gasteiger charge is 2.36. The van der Waals surface area contributed by atoms with Gasteiger partial charge in [-0.1, -0.05) is 6.92 Å². The van der Waals surface area contributed by atoms with Crippen molar-refractivity contribution in [1.82, 2.24) is 4.98 Å². The third-order valence-electron chi connectivity index (χ3n) is 3.04. The second kappa shape index (κ2) is 4.43. The third-order valence-corrected chi connectivity index (χ3v) is 3.04. The lowest BCUT2D eigenvalue weighted by Gasteiger charge is -2.14. The lowest BCUT2D eigenvalue weighted by Crippen LogP contribution is -2.14. The van der Waals surface area contributed by atoms with Crippen LogP contribution < -0.4 is 15.8 Å². The molecule has 0 atom stereocenters. The van der Waals surface area contributed by atoms with Crippen molar-refractivity contribution in [2.24, 2.45) is 5.41 Å². The Bertz CT molecular complexity index is 400. The molecule has 1 aliphatic carbocycles. The standard InChI is InChI=1S/C13H21N3O/c1-9(2)17-12-10(14)4-5-11(16-12)15-8-13(3)6-7-13/h4-5,9H,6-8,14H2,1-3H3,(H,15,16). The van der Waals surface area contributed by atoms with Crippen LogP contribution >= 0.6 is 0 Å². The summed E-state index contributed by atoms with van der Waals surface area (Å²) in [6, 6.07) is 3.73. The number of nitrogens with zero attached hydrogens (tertiary/aromatic N) is 1.